The first-order chi connectivity index (χ1) is 7.83. The quantitative estimate of drug-likeness (QED) is 0.597. The number of carbonyl (C=O) groups excluding carboxylic acids is 1. The molecular weight excluding hydrogens is 217 g/mol. The Kier molecular flexibility index (Phi) is 15.8. The van der Waals surface area contributed by atoms with E-state index in [2.05, 4.69) is 21.4 Å². The molecule has 0 aromatic heterocycles. The average molecular weight is 241 g/mol. The van der Waals surface area contributed by atoms with Gasteiger partial charge in [-0.2, -0.15) is 0 Å². The molecule has 0 fully saturated rings. The van der Waals surface area contributed by atoms with Gasteiger partial charge in [0.2, 0.25) is 0 Å². The van der Waals surface area contributed by atoms with Crippen LogP contribution in [0.1, 0.15) is 19.4 Å². The molecule has 0 aliphatic rings. The summed E-state index contributed by atoms with van der Waals surface area (Å²) in [4.78, 5) is 12.1. The van der Waals surface area contributed by atoms with Crippen LogP contribution < -0.4 is 0 Å². The van der Waals surface area contributed by atoms with Gasteiger partial charge in [0.25, 0.3) is 0 Å². The second kappa shape index (κ2) is 14.3. The Morgan fingerprint density at radius 2 is 1.69 bits per heavy atom. The topological polar surface area (TPSA) is 20.3 Å². The van der Waals surface area contributed by atoms with Crippen LogP contribution >= 0.6 is 9.24 Å². The van der Waals surface area contributed by atoms with Crippen LogP contribution in [0.4, 0.5) is 0 Å². The lowest BCUT2D eigenvalue weighted by molar-refractivity contribution is -0.108. The summed E-state index contributed by atoms with van der Waals surface area (Å²) in [5, 5.41) is 0. The minimum Gasteiger partial charge on any atom is -0.302 e. The SMILES string of the molecule is CC.CN(CC=O)Cc1ccccc1.CP. The molecule has 0 saturated carbocycles. The van der Waals surface area contributed by atoms with Crippen molar-refractivity contribution in [2.75, 3.05) is 20.3 Å². The first-order valence-electron chi connectivity index (χ1n) is 5.57. The van der Waals surface area contributed by atoms with Gasteiger partial charge in [-0.05, 0) is 12.6 Å². The Hall–Kier alpha value is -0.720. The molecule has 1 aromatic rings. The Morgan fingerprint density at radius 3 is 2.12 bits per heavy atom. The van der Waals surface area contributed by atoms with Gasteiger partial charge in [0, 0.05) is 6.54 Å². The van der Waals surface area contributed by atoms with Crippen LogP contribution in [-0.4, -0.2) is 31.4 Å². The van der Waals surface area contributed by atoms with Crippen LogP contribution in [0.5, 0.6) is 0 Å². The highest BCUT2D eigenvalue weighted by molar-refractivity contribution is 7.15. The van der Waals surface area contributed by atoms with Gasteiger partial charge < -0.3 is 4.79 Å². The molecule has 0 aliphatic heterocycles. The molecule has 0 heterocycles. The van der Waals surface area contributed by atoms with Crippen LogP contribution in [0.25, 0.3) is 0 Å². The number of benzene rings is 1. The molecule has 2 nitrogen and oxygen atoms in total. The van der Waals surface area contributed by atoms with Crippen molar-refractivity contribution in [3.63, 3.8) is 0 Å². The number of aldehydes is 1. The summed E-state index contributed by atoms with van der Waals surface area (Å²) >= 11 is 0. The minimum absolute atomic E-state index is 0.495. The van der Waals surface area contributed by atoms with Gasteiger partial charge in [-0.1, -0.05) is 50.8 Å². The van der Waals surface area contributed by atoms with Gasteiger partial charge in [-0.3, -0.25) is 4.90 Å². The molecule has 0 N–H and O–H groups in total. The predicted molar refractivity (Wildman–Crippen MR) is 75.8 cm³/mol. The van der Waals surface area contributed by atoms with Crippen molar-refractivity contribution in [2.24, 2.45) is 0 Å². The second-order valence-corrected chi connectivity index (χ2v) is 2.85. The second-order valence-electron chi connectivity index (χ2n) is 2.85. The summed E-state index contributed by atoms with van der Waals surface area (Å²) in [7, 11) is 4.35. The lowest BCUT2D eigenvalue weighted by Gasteiger charge is -2.12. The summed E-state index contributed by atoms with van der Waals surface area (Å²) in [5.41, 5.74) is 1.24. The zero-order valence-corrected chi connectivity index (χ0v) is 12.0. The highest BCUT2D eigenvalue weighted by Gasteiger charge is 1.96. The van der Waals surface area contributed by atoms with E-state index >= 15 is 0 Å². The zero-order valence-electron chi connectivity index (χ0n) is 10.8. The summed E-state index contributed by atoms with van der Waals surface area (Å²) in [5.74, 6) is 0. The van der Waals surface area contributed by atoms with Crippen LogP contribution in [0, 0.1) is 0 Å². The normalized spacial score (nSPS) is 8.38. The molecule has 3 heteroatoms. The first kappa shape index (κ1) is 17.7. The van der Waals surface area contributed by atoms with Crippen molar-refractivity contribution in [1.82, 2.24) is 4.90 Å². The van der Waals surface area contributed by atoms with Gasteiger partial charge in [0.15, 0.2) is 0 Å². The third-order valence-corrected chi connectivity index (χ3v) is 1.68. The van der Waals surface area contributed by atoms with Crippen molar-refractivity contribution in [3.8, 4) is 0 Å². The fraction of sp³-hybridized carbons (Fsp3) is 0.462. The number of likely N-dealkylation sites (N-methyl/N-ethyl adjacent to an activating group) is 1. The molecule has 1 aromatic carbocycles. The first-order valence-corrected chi connectivity index (χ1v) is 6.72. The molecule has 0 aliphatic carbocycles. The summed E-state index contributed by atoms with van der Waals surface area (Å²) in [6.07, 6.45) is 0.920. The van der Waals surface area contributed by atoms with Gasteiger partial charge in [-0.25, -0.2) is 0 Å². The van der Waals surface area contributed by atoms with E-state index in [0.29, 0.717) is 6.54 Å². The molecule has 0 amide bonds. The molecule has 0 bridgehead atoms. The largest absolute Gasteiger partial charge is 0.302 e. The Labute approximate surface area is 102 Å². The molecule has 1 atom stereocenters. The smallest absolute Gasteiger partial charge is 0.133 e. The van der Waals surface area contributed by atoms with Crippen molar-refractivity contribution in [2.45, 2.75) is 20.4 Å². The lowest BCUT2D eigenvalue weighted by Crippen LogP contribution is -2.19. The van der Waals surface area contributed by atoms with E-state index in [1.807, 2.05) is 50.7 Å². The summed E-state index contributed by atoms with van der Waals surface area (Å²) in [6.45, 7) is 7.24. The molecule has 92 valence electrons. The summed E-state index contributed by atoms with van der Waals surface area (Å²) < 4.78 is 0. The number of rotatable bonds is 4. The highest BCUT2D eigenvalue weighted by Crippen LogP contribution is 2.00. The van der Waals surface area contributed by atoms with E-state index in [1.54, 1.807) is 0 Å². The van der Waals surface area contributed by atoms with E-state index in [9.17, 15) is 4.79 Å². The molecule has 16 heavy (non-hydrogen) atoms. The average Bonchev–Trinajstić information content (AvgIpc) is 2.36. The van der Waals surface area contributed by atoms with Crippen molar-refractivity contribution >= 4 is 15.5 Å². The molecule has 1 unspecified atom stereocenters. The van der Waals surface area contributed by atoms with Gasteiger partial charge in [-0.15, -0.1) is 9.24 Å². The number of nitrogens with zero attached hydrogens (tertiary/aromatic N) is 1. The van der Waals surface area contributed by atoms with Crippen LogP contribution in [0.3, 0.4) is 0 Å². The predicted octanol–water partition coefficient (Wildman–Crippen LogP) is 2.83. The molecule has 0 radical (unpaired) electrons. The van der Waals surface area contributed by atoms with Crippen molar-refractivity contribution in [1.29, 1.82) is 0 Å². The molecule has 0 spiro atoms. The van der Waals surface area contributed by atoms with Gasteiger partial charge >= 0.3 is 0 Å². The maximum Gasteiger partial charge on any atom is 0.133 e. The third kappa shape index (κ3) is 9.82. The van der Waals surface area contributed by atoms with Crippen LogP contribution in [0.15, 0.2) is 30.3 Å². The maximum absolute atomic E-state index is 10.2. The van der Waals surface area contributed by atoms with E-state index in [-0.39, 0.29) is 0 Å². The third-order valence-electron chi connectivity index (χ3n) is 1.68. The van der Waals surface area contributed by atoms with Gasteiger partial charge in [0.05, 0.1) is 6.54 Å². The monoisotopic (exact) mass is 241 g/mol. The molecular formula is C13H24NOP. The van der Waals surface area contributed by atoms with Crippen molar-refractivity contribution < 1.29 is 4.79 Å². The fourth-order valence-electron chi connectivity index (χ4n) is 1.09. The van der Waals surface area contributed by atoms with E-state index in [0.717, 1.165) is 12.8 Å². The Balaban J connectivity index is 0. The van der Waals surface area contributed by atoms with Crippen LogP contribution in [-0.2, 0) is 11.3 Å². The maximum atomic E-state index is 10.2. The van der Waals surface area contributed by atoms with Crippen molar-refractivity contribution in [3.05, 3.63) is 35.9 Å². The molecule has 0 saturated heterocycles. The van der Waals surface area contributed by atoms with E-state index in [1.165, 1.54) is 5.56 Å². The van der Waals surface area contributed by atoms with E-state index < -0.39 is 0 Å². The van der Waals surface area contributed by atoms with Crippen LogP contribution in [0.2, 0.25) is 0 Å². The Bertz CT molecular complexity index is 239. The fourth-order valence-corrected chi connectivity index (χ4v) is 1.09. The number of hydrogen-bond donors (Lipinski definition) is 0. The highest BCUT2D eigenvalue weighted by atomic mass is 31.0. The standard InChI is InChI=1S/C10H13NO.C2H6.CH5P/c1-11(7-8-12)9-10-5-3-2-4-6-10;2*1-2/h2-6,8H,7,9H2,1H3;1-2H3;2H2,1H3. The number of hydrogen-bond acceptors (Lipinski definition) is 2. The molecule has 1 rings (SSSR count). The Morgan fingerprint density at radius 1 is 1.19 bits per heavy atom. The zero-order chi connectivity index (χ0) is 12.8. The lowest BCUT2D eigenvalue weighted by atomic mass is 10.2. The van der Waals surface area contributed by atoms with Gasteiger partial charge in [0.1, 0.15) is 6.29 Å². The number of carbonyl (C=O) groups is 1. The minimum atomic E-state index is 0.495. The summed E-state index contributed by atoms with van der Waals surface area (Å²) in [6, 6.07) is 10.1. The van der Waals surface area contributed by atoms with E-state index in [4.69, 9.17) is 0 Å².